The topological polar surface area (TPSA) is 78.9 Å². The Morgan fingerprint density at radius 1 is 0.292 bits per heavy atom. The van der Waals surface area contributed by atoms with Crippen molar-refractivity contribution >= 4 is 17.9 Å². The third-order valence-corrected chi connectivity index (χ3v) is 13.4. The van der Waals surface area contributed by atoms with Gasteiger partial charge in [-0.05, 0) is 89.9 Å². The van der Waals surface area contributed by atoms with Gasteiger partial charge in [0.15, 0.2) is 6.10 Å². The first-order valence-electron chi connectivity index (χ1n) is 30.9. The minimum absolute atomic E-state index is 0.0839. The second kappa shape index (κ2) is 60.4. The van der Waals surface area contributed by atoms with Crippen molar-refractivity contribution in [2.45, 2.75) is 316 Å². The highest BCUT2D eigenvalue weighted by atomic mass is 16.6. The molecule has 0 spiro atoms. The fraction of sp³-hybridized carbons (Fsp3) is 0.773. The Kier molecular flexibility index (Phi) is 57.8. The van der Waals surface area contributed by atoms with Gasteiger partial charge in [0, 0.05) is 19.3 Å². The lowest BCUT2D eigenvalue weighted by Gasteiger charge is -2.18. The van der Waals surface area contributed by atoms with Gasteiger partial charge in [-0.1, -0.05) is 273 Å². The number of hydrogen-bond acceptors (Lipinski definition) is 6. The van der Waals surface area contributed by atoms with Crippen molar-refractivity contribution in [2.24, 2.45) is 0 Å². The van der Waals surface area contributed by atoms with Crippen LogP contribution in [0.5, 0.6) is 0 Å². The van der Waals surface area contributed by atoms with Crippen LogP contribution >= 0.6 is 0 Å². The Bertz CT molecular complexity index is 1340. The number of carbonyl (C=O) groups excluding carboxylic acids is 3. The number of hydrogen-bond donors (Lipinski definition) is 0. The van der Waals surface area contributed by atoms with Gasteiger partial charge in [0.1, 0.15) is 13.2 Å². The van der Waals surface area contributed by atoms with Gasteiger partial charge in [-0.2, -0.15) is 0 Å². The molecule has 0 radical (unpaired) electrons. The first-order chi connectivity index (χ1) is 35.5. The summed E-state index contributed by atoms with van der Waals surface area (Å²) in [4.78, 5) is 38.3. The third kappa shape index (κ3) is 57.7. The molecule has 0 aliphatic carbocycles. The molecule has 0 aromatic heterocycles. The van der Waals surface area contributed by atoms with Gasteiger partial charge in [-0.15, -0.1) is 0 Å². The molecule has 6 nitrogen and oxygen atoms in total. The maximum Gasteiger partial charge on any atom is 0.306 e. The van der Waals surface area contributed by atoms with E-state index in [1.165, 1.54) is 173 Å². The predicted molar refractivity (Wildman–Crippen MR) is 311 cm³/mol. The second-order valence-corrected chi connectivity index (χ2v) is 20.6. The van der Waals surface area contributed by atoms with E-state index in [4.69, 9.17) is 14.2 Å². The summed E-state index contributed by atoms with van der Waals surface area (Å²) in [7, 11) is 0. The molecular formula is C66H116O6. The van der Waals surface area contributed by atoms with Gasteiger partial charge in [0.05, 0.1) is 0 Å². The van der Waals surface area contributed by atoms with Gasteiger partial charge in [-0.25, -0.2) is 0 Å². The fourth-order valence-electron chi connectivity index (χ4n) is 8.82. The zero-order chi connectivity index (χ0) is 52.2. The summed E-state index contributed by atoms with van der Waals surface area (Å²) in [5, 5.41) is 0. The van der Waals surface area contributed by atoms with Crippen LogP contribution in [0.4, 0.5) is 0 Å². The van der Waals surface area contributed by atoms with Gasteiger partial charge in [0.25, 0.3) is 0 Å². The summed E-state index contributed by atoms with van der Waals surface area (Å²) in [6.45, 7) is 6.53. The molecule has 0 N–H and O–H groups in total. The Labute approximate surface area is 446 Å². The Balaban J connectivity index is 4.42. The summed E-state index contributed by atoms with van der Waals surface area (Å²) in [5.41, 5.74) is 0. The average Bonchev–Trinajstić information content (AvgIpc) is 3.38. The molecule has 0 unspecified atom stereocenters. The summed E-state index contributed by atoms with van der Waals surface area (Å²) in [6, 6.07) is 0. The number of rotatable bonds is 56. The number of esters is 3. The van der Waals surface area contributed by atoms with Gasteiger partial charge in [-0.3, -0.25) is 14.4 Å². The van der Waals surface area contributed by atoms with Crippen LogP contribution in [0.25, 0.3) is 0 Å². The minimum Gasteiger partial charge on any atom is -0.462 e. The number of unbranched alkanes of at least 4 members (excludes halogenated alkanes) is 33. The molecule has 0 fully saturated rings. The third-order valence-electron chi connectivity index (χ3n) is 13.4. The SMILES string of the molecule is CC/C=C\C/C=C\C/C=C\C/C=C\C/C=C\CCCCCC(=O)OC[C@@H](COC(=O)CCCCCCCCCCCCCCCCCC)OC(=O)CCCCCCCCCCC/C=C\CCCCCCCC. The quantitative estimate of drug-likeness (QED) is 0.0261. The van der Waals surface area contributed by atoms with E-state index < -0.39 is 6.10 Å². The Morgan fingerprint density at radius 3 is 0.875 bits per heavy atom. The summed E-state index contributed by atoms with van der Waals surface area (Å²) in [5.74, 6) is -0.905. The standard InChI is InChI=1S/C66H116O6/c1-4-7-10-13-16-19-22-25-28-31-33-35-38-41-44-47-50-53-56-59-65(68)71-62-63(61-70-64(67)58-55-52-49-46-43-40-37-30-27-24-21-18-15-12-9-6-3)72-66(69)60-57-54-51-48-45-42-39-36-34-32-29-26-23-20-17-14-11-8-5-2/h7,10,16,19,25-26,28-29,33,35,41,44,63H,4-6,8-9,11-15,17-18,20-24,27,30-32,34,36-40,42-43,45-62H2,1-3H3/b10-7-,19-16-,28-25-,29-26-,35-33-,44-41-/t63-/m1/s1. The van der Waals surface area contributed by atoms with Crippen LogP contribution in [0.3, 0.4) is 0 Å². The van der Waals surface area contributed by atoms with Crippen molar-refractivity contribution in [2.75, 3.05) is 13.2 Å². The maximum absolute atomic E-state index is 12.9. The molecule has 0 aliphatic rings. The first kappa shape index (κ1) is 68.8. The Morgan fingerprint density at radius 2 is 0.542 bits per heavy atom. The maximum atomic E-state index is 12.9. The molecule has 0 saturated heterocycles. The zero-order valence-corrected chi connectivity index (χ0v) is 47.7. The van der Waals surface area contributed by atoms with E-state index >= 15 is 0 Å². The van der Waals surface area contributed by atoms with E-state index in [-0.39, 0.29) is 31.1 Å². The van der Waals surface area contributed by atoms with Crippen molar-refractivity contribution in [3.05, 3.63) is 72.9 Å². The summed E-state index contributed by atoms with van der Waals surface area (Å²) >= 11 is 0. The van der Waals surface area contributed by atoms with Gasteiger partial charge in [0.2, 0.25) is 0 Å². The summed E-state index contributed by atoms with van der Waals surface area (Å²) < 4.78 is 16.9. The minimum atomic E-state index is -0.790. The van der Waals surface area contributed by atoms with E-state index in [0.717, 1.165) is 96.3 Å². The van der Waals surface area contributed by atoms with Crippen LogP contribution in [-0.4, -0.2) is 37.2 Å². The second-order valence-electron chi connectivity index (χ2n) is 20.6. The van der Waals surface area contributed by atoms with Crippen LogP contribution in [-0.2, 0) is 28.6 Å². The normalized spacial score (nSPS) is 12.5. The van der Waals surface area contributed by atoms with E-state index in [1.807, 2.05) is 0 Å². The molecule has 72 heavy (non-hydrogen) atoms. The molecule has 416 valence electrons. The van der Waals surface area contributed by atoms with E-state index in [9.17, 15) is 14.4 Å². The molecule has 0 amide bonds. The van der Waals surface area contributed by atoms with Gasteiger partial charge >= 0.3 is 17.9 Å². The zero-order valence-electron chi connectivity index (χ0n) is 47.7. The lowest BCUT2D eigenvalue weighted by molar-refractivity contribution is -0.167. The van der Waals surface area contributed by atoms with Crippen molar-refractivity contribution in [3.8, 4) is 0 Å². The molecule has 0 aliphatic heterocycles. The largest absolute Gasteiger partial charge is 0.462 e. The van der Waals surface area contributed by atoms with Crippen LogP contribution in [0.1, 0.15) is 310 Å². The number of ether oxygens (including phenoxy) is 3. The Hall–Kier alpha value is -3.15. The monoisotopic (exact) mass is 1000 g/mol. The van der Waals surface area contributed by atoms with E-state index in [2.05, 4.69) is 93.7 Å². The molecule has 0 bridgehead atoms. The highest BCUT2D eigenvalue weighted by Gasteiger charge is 2.19. The molecular weight excluding hydrogens is 889 g/mol. The molecule has 0 rings (SSSR count). The molecule has 0 aromatic carbocycles. The fourth-order valence-corrected chi connectivity index (χ4v) is 8.82. The lowest BCUT2D eigenvalue weighted by atomic mass is 10.0. The van der Waals surface area contributed by atoms with Crippen LogP contribution in [0.15, 0.2) is 72.9 Å². The number of carbonyl (C=O) groups is 3. The van der Waals surface area contributed by atoms with E-state index in [0.29, 0.717) is 19.3 Å². The average molecular weight is 1010 g/mol. The summed E-state index contributed by atoms with van der Waals surface area (Å²) in [6.07, 6.45) is 77.5. The van der Waals surface area contributed by atoms with Gasteiger partial charge < -0.3 is 14.2 Å². The highest BCUT2D eigenvalue weighted by molar-refractivity contribution is 5.71. The smallest absolute Gasteiger partial charge is 0.306 e. The predicted octanol–water partition coefficient (Wildman–Crippen LogP) is 20.9. The highest BCUT2D eigenvalue weighted by Crippen LogP contribution is 2.16. The van der Waals surface area contributed by atoms with Crippen LogP contribution in [0.2, 0.25) is 0 Å². The molecule has 0 heterocycles. The molecule has 0 saturated carbocycles. The van der Waals surface area contributed by atoms with Crippen molar-refractivity contribution in [3.63, 3.8) is 0 Å². The number of allylic oxidation sites excluding steroid dienone is 12. The molecule has 6 heteroatoms. The first-order valence-corrected chi connectivity index (χ1v) is 30.9. The van der Waals surface area contributed by atoms with Crippen LogP contribution in [0, 0.1) is 0 Å². The van der Waals surface area contributed by atoms with Crippen molar-refractivity contribution in [1.82, 2.24) is 0 Å². The molecule has 1 atom stereocenters. The molecule has 0 aromatic rings. The van der Waals surface area contributed by atoms with Crippen molar-refractivity contribution < 1.29 is 28.6 Å². The lowest BCUT2D eigenvalue weighted by Crippen LogP contribution is -2.30. The van der Waals surface area contributed by atoms with E-state index in [1.54, 1.807) is 0 Å². The van der Waals surface area contributed by atoms with Crippen LogP contribution < -0.4 is 0 Å². The van der Waals surface area contributed by atoms with Crippen molar-refractivity contribution in [1.29, 1.82) is 0 Å².